The van der Waals surface area contributed by atoms with E-state index in [0.717, 1.165) is 25.2 Å². The predicted octanol–water partition coefficient (Wildman–Crippen LogP) is 2.45. The molecule has 1 heterocycles. The Bertz CT molecular complexity index is 761. The summed E-state index contributed by atoms with van der Waals surface area (Å²) in [5.74, 6) is 1.55. The molecular weight excluding hydrogens is 475 g/mol. The number of aliphatic imine (C=N–C) groups is 1. The largest absolute Gasteiger partial charge is 0.354 e. The summed E-state index contributed by atoms with van der Waals surface area (Å²) in [5.41, 5.74) is 2.76. The zero-order valence-corrected chi connectivity index (χ0v) is 19.5. The van der Waals surface area contributed by atoms with Gasteiger partial charge in [-0.25, -0.2) is 12.7 Å². The normalized spacial score (nSPS) is 24.2. The third-order valence-electron chi connectivity index (χ3n) is 5.48. The van der Waals surface area contributed by atoms with Crippen LogP contribution in [0.25, 0.3) is 0 Å². The quantitative estimate of drug-likeness (QED) is 0.366. The zero-order chi connectivity index (χ0) is 18.7. The second-order valence-corrected chi connectivity index (χ2v) is 9.50. The Hall–Kier alpha value is -0.870. The second kappa shape index (κ2) is 9.56. The maximum Gasteiger partial charge on any atom is 0.213 e. The SMILES string of the molecule is CCS(=O)(=O)N1CCC(NC(=NC)NC2CC2c2ccccc2C)CC1.I. The third kappa shape index (κ3) is 5.57. The zero-order valence-electron chi connectivity index (χ0n) is 16.3. The maximum atomic E-state index is 12.0. The van der Waals surface area contributed by atoms with Crippen LogP contribution >= 0.6 is 24.0 Å². The van der Waals surface area contributed by atoms with Gasteiger partial charge in [-0.3, -0.25) is 4.99 Å². The number of hydrogen-bond donors (Lipinski definition) is 2. The van der Waals surface area contributed by atoms with Crippen LogP contribution in [-0.2, 0) is 10.0 Å². The first-order valence-corrected chi connectivity index (χ1v) is 11.1. The molecule has 0 aromatic heterocycles. The van der Waals surface area contributed by atoms with Crippen molar-refractivity contribution in [2.45, 2.75) is 51.1 Å². The Morgan fingerprint density at radius 3 is 2.48 bits per heavy atom. The highest BCUT2D eigenvalue weighted by Gasteiger charge is 2.40. The smallest absolute Gasteiger partial charge is 0.213 e. The molecule has 27 heavy (non-hydrogen) atoms. The van der Waals surface area contributed by atoms with E-state index in [1.54, 1.807) is 18.3 Å². The van der Waals surface area contributed by atoms with Crippen LogP contribution in [0.2, 0.25) is 0 Å². The van der Waals surface area contributed by atoms with E-state index in [2.05, 4.69) is 46.8 Å². The van der Waals surface area contributed by atoms with Crippen molar-refractivity contribution in [2.24, 2.45) is 4.99 Å². The molecular formula is C19H31IN4O2S. The van der Waals surface area contributed by atoms with Crippen LogP contribution in [0.3, 0.4) is 0 Å². The molecule has 0 amide bonds. The van der Waals surface area contributed by atoms with Crippen LogP contribution in [0.4, 0.5) is 0 Å². The summed E-state index contributed by atoms with van der Waals surface area (Å²) >= 11 is 0. The predicted molar refractivity (Wildman–Crippen MR) is 121 cm³/mol. The molecule has 1 saturated heterocycles. The second-order valence-electron chi connectivity index (χ2n) is 7.24. The van der Waals surface area contributed by atoms with Crippen molar-refractivity contribution in [3.05, 3.63) is 35.4 Å². The minimum Gasteiger partial charge on any atom is -0.354 e. The number of aryl methyl sites for hydroxylation is 1. The minimum atomic E-state index is -3.07. The highest BCUT2D eigenvalue weighted by Crippen LogP contribution is 2.42. The number of guanidine groups is 1. The van der Waals surface area contributed by atoms with Crippen molar-refractivity contribution in [3.63, 3.8) is 0 Å². The topological polar surface area (TPSA) is 73.8 Å². The summed E-state index contributed by atoms with van der Waals surface area (Å²) in [4.78, 5) is 4.36. The first-order chi connectivity index (χ1) is 12.4. The average molecular weight is 506 g/mol. The molecule has 8 heteroatoms. The summed E-state index contributed by atoms with van der Waals surface area (Å²) in [6, 6.07) is 9.23. The average Bonchev–Trinajstić information content (AvgIpc) is 3.41. The number of nitrogens with one attached hydrogen (secondary N) is 2. The van der Waals surface area contributed by atoms with Gasteiger partial charge >= 0.3 is 0 Å². The summed E-state index contributed by atoms with van der Waals surface area (Å²) in [7, 11) is -1.28. The van der Waals surface area contributed by atoms with Crippen molar-refractivity contribution in [2.75, 3.05) is 25.9 Å². The molecule has 2 atom stereocenters. The van der Waals surface area contributed by atoms with E-state index in [4.69, 9.17) is 0 Å². The van der Waals surface area contributed by atoms with Gasteiger partial charge in [0.1, 0.15) is 0 Å². The van der Waals surface area contributed by atoms with Crippen molar-refractivity contribution in [3.8, 4) is 0 Å². The number of benzene rings is 1. The van der Waals surface area contributed by atoms with Crippen molar-refractivity contribution < 1.29 is 8.42 Å². The summed E-state index contributed by atoms with van der Waals surface area (Å²) in [6.45, 7) is 5.03. The van der Waals surface area contributed by atoms with Crippen molar-refractivity contribution in [1.82, 2.24) is 14.9 Å². The monoisotopic (exact) mass is 506 g/mol. The van der Waals surface area contributed by atoms with Gasteiger partial charge in [0.15, 0.2) is 5.96 Å². The number of rotatable bonds is 5. The van der Waals surface area contributed by atoms with E-state index in [-0.39, 0.29) is 35.8 Å². The number of hydrogen-bond acceptors (Lipinski definition) is 3. The molecule has 1 aromatic rings. The van der Waals surface area contributed by atoms with E-state index >= 15 is 0 Å². The molecule has 3 rings (SSSR count). The summed E-state index contributed by atoms with van der Waals surface area (Å²) in [6.07, 6.45) is 2.75. The fourth-order valence-electron chi connectivity index (χ4n) is 3.70. The first kappa shape index (κ1) is 22.4. The Labute approximate surface area is 180 Å². The molecule has 1 saturated carbocycles. The highest BCUT2D eigenvalue weighted by atomic mass is 127. The lowest BCUT2D eigenvalue weighted by atomic mass is 10.0. The maximum absolute atomic E-state index is 12.0. The number of halogens is 1. The Morgan fingerprint density at radius 2 is 1.89 bits per heavy atom. The van der Waals surface area contributed by atoms with E-state index in [1.165, 1.54) is 11.1 Å². The van der Waals surface area contributed by atoms with Crippen molar-refractivity contribution >= 4 is 40.0 Å². The molecule has 2 N–H and O–H groups in total. The fourth-order valence-corrected chi connectivity index (χ4v) is 4.83. The first-order valence-electron chi connectivity index (χ1n) is 9.47. The lowest BCUT2D eigenvalue weighted by Crippen LogP contribution is -2.50. The lowest BCUT2D eigenvalue weighted by molar-refractivity contribution is 0.306. The standard InChI is InChI=1S/C19H30N4O2S.HI/c1-4-26(24,25)23-11-9-15(10-12-23)21-19(20-3)22-18-13-17(18)16-8-6-5-7-14(16)2;/h5-8,15,17-18H,4,9-13H2,1-3H3,(H2,20,21,22);1H. The van der Waals surface area contributed by atoms with Gasteiger partial charge in [-0.1, -0.05) is 24.3 Å². The van der Waals surface area contributed by atoms with Gasteiger partial charge in [-0.15, -0.1) is 24.0 Å². The molecule has 1 aliphatic carbocycles. The molecule has 2 aliphatic rings. The van der Waals surface area contributed by atoms with E-state index < -0.39 is 10.0 Å². The molecule has 1 aromatic carbocycles. The van der Waals surface area contributed by atoms with Gasteiger partial charge in [0.2, 0.25) is 10.0 Å². The fraction of sp³-hybridized carbons (Fsp3) is 0.632. The molecule has 152 valence electrons. The Balaban J connectivity index is 0.00000261. The minimum absolute atomic E-state index is 0. The third-order valence-corrected chi connectivity index (χ3v) is 7.36. The number of nitrogens with zero attached hydrogens (tertiary/aromatic N) is 2. The molecule has 0 spiro atoms. The molecule has 2 unspecified atom stereocenters. The van der Waals surface area contributed by atoms with Gasteiger partial charge in [-0.2, -0.15) is 0 Å². The van der Waals surface area contributed by atoms with E-state index in [9.17, 15) is 8.42 Å². The van der Waals surface area contributed by atoms with Gasteiger partial charge in [0.05, 0.1) is 5.75 Å². The summed E-state index contributed by atoms with van der Waals surface area (Å²) in [5, 5.41) is 6.99. The Kier molecular flexibility index (Phi) is 7.94. The van der Waals surface area contributed by atoms with Gasteiger partial charge in [-0.05, 0) is 44.2 Å². The van der Waals surface area contributed by atoms with Crippen LogP contribution in [0, 0.1) is 6.92 Å². The Morgan fingerprint density at radius 1 is 1.22 bits per heavy atom. The highest BCUT2D eigenvalue weighted by molar-refractivity contribution is 14.0. The van der Waals surface area contributed by atoms with Crippen LogP contribution in [0.1, 0.15) is 43.2 Å². The molecule has 0 bridgehead atoms. The summed E-state index contributed by atoms with van der Waals surface area (Å²) < 4.78 is 25.5. The van der Waals surface area contributed by atoms with Crippen LogP contribution in [-0.4, -0.2) is 56.7 Å². The van der Waals surface area contributed by atoms with Gasteiger partial charge < -0.3 is 10.6 Å². The lowest BCUT2D eigenvalue weighted by Gasteiger charge is -2.32. The molecule has 1 aliphatic heterocycles. The van der Waals surface area contributed by atoms with Crippen molar-refractivity contribution in [1.29, 1.82) is 0 Å². The molecule has 0 radical (unpaired) electrons. The van der Waals surface area contributed by atoms with Crippen LogP contribution < -0.4 is 10.6 Å². The van der Waals surface area contributed by atoms with Gasteiger partial charge in [0, 0.05) is 38.1 Å². The number of sulfonamides is 1. The number of piperidine rings is 1. The van der Waals surface area contributed by atoms with Gasteiger partial charge in [0.25, 0.3) is 0 Å². The van der Waals surface area contributed by atoms with E-state index in [0.29, 0.717) is 25.0 Å². The van der Waals surface area contributed by atoms with Crippen LogP contribution in [0.15, 0.2) is 29.3 Å². The van der Waals surface area contributed by atoms with Crippen LogP contribution in [0.5, 0.6) is 0 Å². The molecule has 2 fully saturated rings. The molecule has 6 nitrogen and oxygen atoms in total. The van der Waals surface area contributed by atoms with E-state index in [1.807, 2.05) is 0 Å².